The molecule has 25 heavy (non-hydrogen) atoms. The van der Waals surface area contributed by atoms with E-state index >= 15 is 0 Å². The second-order valence-corrected chi connectivity index (χ2v) is 8.25. The van der Waals surface area contributed by atoms with E-state index in [9.17, 15) is 14.1 Å². The number of hydrogen-bond donors (Lipinski definition) is 2. The summed E-state index contributed by atoms with van der Waals surface area (Å²) in [6, 6.07) is 6.78. The van der Waals surface area contributed by atoms with Crippen molar-refractivity contribution in [2.75, 3.05) is 36.1 Å². The number of carbonyl (C=O) groups excluding carboxylic acids is 2. The Bertz CT molecular complexity index is 685. The van der Waals surface area contributed by atoms with Crippen molar-refractivity contribution in [1.82, 2.24) is 3.71 Å². The van der Waals surface area contributed by atoms with Gasteiger partial charge in [-0.2, -0.15) is 3.71 Å². The summed E-state index contributed by atoms with van der Waals surface area (Å²) in [7, 11) is -1.48. The van der Waals surface area contributed by atoms with E-state index < -0.39 is 16.0 Å². The second kappa shape index (κ2) is 8.11. The molecule has 2 atom stereocenters. The van der Waals surface area contributed by atoms with Crippen LogP contribution >= 0.6 is 12.8 Å². The van der Waals surface area contributed by atoms with E-state index in [-0.39, 0.29) is 18.4 Å². The van der Waals surface area contributed by atoms with Crippen LogP contribution in [0.5, 0.6) is 0 Å². The number of benzene rings is 1. The van der Waals surface area contributed by atoms with Crippen LogP contribution in [0.4, 0.5) is 11.4 Å². The average Bonchev–Trinajstić information content (AvgIpc) is 2.62. The molecule has 0 radical (unpaired) electrons. The van der Waals surface area contributed by atoms with Crippen LogP contribution in [0.25, 0.3) is 0 Å². The number of ether oxygens (including phenoxy) is 1. The number of morpholine rings is 1. The molecule has 0 aliphatic carbocycles. The Balaban J connectivity index is 1.76. The minimum Gasteiger partial charge on any atom is -0.370 e. The largest absolute Gasteiger partial charge is 0.370 e. The molecule has 7 nitrogen and oxygen atoms in total. The Kier molecular flexibility index (Phi) is 6.08. The summed E-state index contributed by atoms with van der Waals surface area (Å²) in [6.45, 7) is 1.73. The first-order valence-electron chi connectivity index (χ1n) is 7.87. The molecule has 1 N–H and O–H groups in total. The Morgan fingerprint density at radius 2 is 1.84 bits per heavy atom. The van der Waals surface area contributed by atoms with Crippen molar-refractivity contribution in [3.63, 3.8) is 0 Å². The van der Waals surface area contributed by atoms with Crippen molar-refractivity contribution in [3.05, 3.63) is 24.3 Å². The maximum atomic E-state index is 12.7. The van der Waals surface area contributed by atoms with Gasteiger partial charge in [-0.1, -0.05) is 12.8 Å². The lowest BCUT2D eigenvalue weighted by atomic mass is 10.0. The van der Waals surface area contributed by atoms with E-state index in [1.807, 2.05) is 24.3 Å². The topological polar surface area (TPSA) is 73.3 Å². The third-order valence-electron chi connectivity index (χ3n) is 4.30. The van der Waals surface area contributed by atoms with Gasteiger partial charge in [0.15, 0.2) is 0 Å². The second-order valence-electron chi connectivity index (χ2n) is 5.80. The Hall–Kier alpha value is -1.04. The Morgan fingerprint density at radius 1 is 1.20 bits per heavy atom. The van der Waals surface area contributed by atoms with E-state index in [2.05, 4.69) is 12.8 Å². The van der Waals surface area contributed by atoms with Crippen molar-refractivity contribution in [1.29, 1.82) is 0 Å². The molecule has 0 saturated carbocycles. The van der Waals surface area contributed by atoms with Gasteiger partial charge in [0.25, 0.3) is 5.91 Å². The SMILES string of the molecule is O=C1COCCN1c1ccc(N2CCCC(N(S)S(O)=S)C2=O)cc1. The number of anilines is 2. The van der Waals surface area contributed by atoms with Crippen LogP contribution in [0.1, 0.15) is 12.8 Å². The fourth-order valence-corrected chi connectivity index (χ4v) is 3.97. The minimum atomic E-state index is -1.48. The molecule has 2 aliphatic rings. The first-order valence-corrected chi connectivity index (χ1v) is 10.3. The van der Waals surface area contributed by atoms with E-state index in [1.54, 1.807) is 9.80 Å². The molecule has 0 spiro atoms. The number of hydrogen-bond acceptors (Lipinski definition) is 5. The molecule has 1 aromatic rings. The number of carbonyl (C=O) groups is 2. The highest BCUT2D eigenvalue weighted by Gasteiger charge is 2.34. The lowest BCUT2D eigenvalue weighted by molar-refractivity contribution is -0.125. The molecule has 2 fully saturated rings. The molecule has 136 valence electrons. The van der Waals surface area contributed by atoms with Gasteiger partial charge in [0.2, 0.25) is 5.91 Å². The summed E-state index contributed by atoms with van der Waals surface area (Å²) >= 11 is 8.97. The molecule has 1 aromatic carbocycles. The molecule has 2 saturated heterocycles. The van der Waals surface area contributed by atoms with Gasteiger partial charge in [0, 0.05) is 24.5 Å². The third kappa shape index (κ3) is 4.04. The zero-order valence-electron chi connectivity index (χ0n) is 13.4. The van der Waals surface area contributed by atoms with Crippen LogP contribution in [0.3, 0.4) is 0 Å². The maximum Gasteiger partial charge on any atom is 0.253 e. The van der Waals surface area contributed by atoms with Crippen LogP contribution in [-0.4, -0.2) is 52.4 Å². The summed E-state index contributed by atoms with van der Waals surface area (Å²) in [5.74, 6) is -0.202. The van der Waals surface area contributed by atoms with Gasteiger partial charge in [-0.3, -0.25) is 9.59 Å². The molecule has 10 heteroatoms. The van der Waals surface area contributed by atoms with Gasteiger partial charge in [0.1, 0.15) is 12.6 Å². The summed E-state index contributed by atoms with van der Waals surface area (Å²) in [4.78, 5) is 28.0. The van der Waals surface area contributed by atoms with E-state index in [1.165, 1.54) is 3.71 Å². The number of rotatable bonds is 4. The van der Waals surface area contributed by atoms with Crippen LogP contribution in [-0.2, 0) is 35.4 Å². The number of nitrogens with zero attached hydrogens (tertiary/aromatic N) is 3. The third-order valence-corrected chi connectivity index (χ3v) is 6.43. The van der Waals surface area contributed by atoms with Gasteiger partial charge in [0.05, 0.1) is 16.5 Å². The maximum absolute atomic E-state index is 12.7. The quantitative estimate of drug-likeness (QED) is 0.738. The smallest absolute Gasteiger partial charge is 0.253 e. The average molecular weight is 402 g/mol. The normalized spacial score (nSPS) is 23.2. The van der Waals surface area contributed by atoms with Gasteiger partial charge >= 0.3 is 0 Å². The molecule has 0 aromatic heterocycles. The van der Waals surface area contributed by atoms with Crippen molar-refractivity contribution in [2.45, 2.75) is 18.9 Å². The highest BCUT2D eigenvalue weighted by atomic mass is 32.8. The molecule has 2 unspecified atom stereocenters. The summed E-state index contributed by atoms with van der Waals surface area (Å²) in [6.07, 6.45) is 1.41. The van der Waals surface area contributed by atoms with E-state index in [0.717, 1.165) is 17.8 Å². The minimum absolute atomic E-state index is 0.0701. The molecule has 2 heterocycles. The number of amides is 2. The molecule has 2 aliphatic heterocycles. The molecular weight excluding hydrogens is 382 g/mol. The van der Waals surface area contributed by atoms with Crippen LogP contribution in [0.2, 0.25) is 0 Å². The van der Waals surface area contributed by atoms with E-state index in [4.69, 9.17) is 15.9 Å². The zero-order chi connectivity index (χ0) is 18.0. The van der Waals surface area contributed by atoms with Gasteiger partial charge in [-0.15, -0.1) is 0 Å². The lowest BCUT2D eigenvalue weighted by Gasteiger charge is -2.35. The lowest BCUT2D eigenvalue weighted by Crippen LogP contribution is -2.50. The number of piperidine rings is 1. The van der Waals surface area contributed by atoms with Crippen LogP contribution < -0.4 is 9.80 Å². The highest BCUT2D eigenvalue weighted by Crippen LogP contribution is 2.27. The summed E-state index contributed by atoms with van der Waals surface area (Å²) < 4.78 is 15.9. The van der Waals surface area contributed by atoms with Gasteiger partial charge in [-0.25, -0.2) is 0 Å². The summed E-state index contributed by atoms with van der Waals surface area (Å²) in [5, 5.41) is 0. The monoisotopic (exact) mass is 401 g/mol. The Morgan fingerprint density at radius 3 is 2.44 bits per heavy atom. The predicted molar refractivity (Wildman–Crippen MR) is 103 cm³/mol. The molecule has 0 bridgehead atoms. The van der Waals surface area contributed by atoms with Gasteiger partial charge in [-0.05, 0) is 48.3 Å². The van der Waals surface area contributed by atoms with Crippen molar-refractivity contribution in [3.8, 4) is 0 Å². The van der Waals surface area contributed by atoms with Gasteiger partial charge < -0.3 is 19.1 Å². The highest BCUT2D eigenvalue weighted by molar-refractivity contribution is 8.27. The summed E-state index contributed by atoms with van der Waals surface area (Å²) in [5.41, 5.74) is 1.54. The fourth-order valence-electron chi connectivity index (χ4n) is 3.03. The number of thiol groups is 1. The standard InChI is InChI=1S/C15H19N3O4S3/c19-14-10-22-9-8-16(14)11-3-5-12(6-4-11)17-7-1-2-13(15(17)20)18(23)25(21)24/h3-6,13,23H,1-2,7-10H2,(H,21,24). The van der Waals surface area contributed by atoms with E-state index in [0.29, 0.717) is 26.1 Å². The van der Waals surface area contributed by atoms with Crippen molar-refractivity contribution < 1.29 is 18.9 Å². The van der Waals surface area contributed by atoms with Crippen LogP contribution in [0, 0.1) is 0 Å². The van der Waals surface area contributed by atoms with Crippen molar-refractivity contribution >= 4 is 57.1 Å². The first-order chi connectivity index (χ1) is 12.0. The van der Waals surface area contributed by atoms with Crippen LogP contribution in [0.15, 0.2) is 24.3 Å². The predicted octanol–water partition coefficient (Wildman–Crippen LogP) is 1.16. The molecule has 2 amide bonds. The molecular formula is C15H19N3O4S3. The Labute approximate surface area is 159 Å². The fraction of sp³-hybridized carbons (Fsp3) is 0.467. The van der Waals surface area contributed by atoms with Crippen molar-refractivity contribution in [2.24, 2.45) is 0 Å². The zero-order valence-corrected chi connectivity index (χ0v) is 15.9. The first kappa shape index (κ1) is 18.7. The molecule has 3 rings (SSSR count).